The molecular formula is C17H23NO2. The monoisotopic (exact) mass is 273 g/mol. The molecule has 0 spiro atoms. The van der Waals surface area contributed by atoms with Crippen LogP contribution < -0.4 is 5.32 Å². The van der Waals surface area contributed by atoms with Crippen LogP contribution in [0.1, 0.15) is 49.7 Å². The van der Waals surface area contributed by atoms with Gasteiger partial charge in [-0.3, -0.25) is 4.79 Å². The summed E-state index contributed by atoms with van der Waals surface area (Å²) in [6.45, 7) is 3.75. The van der Waals surface area contributed by atoms with Crippen LogP contribution in [0.5, 0.6) is 0 Å². The van der Waals surface area contributed by atoms with Crippen LogP contribution in [-0.2, 0) is 11.3 Å². The molecule has 2 fully saturated rings. The van der Waals surface area contributed by atoms with Crippen molar-refractivity contribution in [1.29, 1.82) is 0 Å². The van der Waals surface area contributed by atoms with Gasteiger partial charge >= 0.3 is 5.97 Å². The Labute approximate surface area is 120 Å². The molecule has 20 heavy (non-hydrogen) atoms. The molecule has 0 amide bonds. The van der Waals surface area contributed by atoms with Gasteiger partial charge in [0.1, 0.15) is 0 Å². The Hall–Kier alpha value is -1.35. The lowest BCUT2D eigenvalue weighted by Gasteiger charge is -2.15. The predicted molar refractivity (Wildman–Crippen MR) is 78.6 cm³/mol. The molecule has 3 rings (SSSR count). The Kier molecular flexibility index (Phi) is 3.55. The van der Waals surface area contributed by atoms with E-state index in [2.05, 4.69) is 5.32 Å². The highest BCUT2D eigenvalue weighted by Crippen LogP contribution is 2.60. The number of benzene rings is 1. The fourth-order valence-corrected chi connectivity index (χ4v) is 3.11. The minimum Gasteiger partial charge on any atom is -0.481 e. The maximum Gasteiger partial charge on any atom is 0.310 e. The van der Waals surface area contributed by atoms with Gasteiger partial charge in [0.2, 0.25) is 0 Å². The van der Waals surface area contributed by atoms with Crippen LogP contribution in [0.2, 0.25) is 0 Å². The van der Waals surface area contributed by atoms with E-state index in [1.165, 1.54) is 31.2 Å². The largest absolute Gasteiger partial charge is 0.481 e. The zero-order valence-corrected chi connectivity index (χ0v) is 12.1. The number of nitrogens with one attached hydrogen (secondary N) is 1. The smallest absolute Gasteiger partial charge is 0.310 e. The van der Waals surface area contributed by atoms with E-state index in [9.17, 15) is 4.79 Å². The second-order valence-electron chi connectivity index (χ2n) is 6.54. The summed E-state index contributed by atoms with van der Waals surface area (Å²) in [6, 6.07) is 7.95. The minimum absolute atomic E-state index is 0.429. The molecule has 1 atom stereocenters. The van der Waals surface area contributed by atoms with Gasteiger partial charge in [-0.15, -0.1) is 0 Å². The third kappa shape index (κ3) is 2.88. The van der Waals surface area contributed by atoms with E-state index in [0.29, 0.717) is 5.41 Å². The molecule has 3 nitrogen and oxygen atoms in total. The molecule has 2 aliphatic rings. The number of hydrogen-bond donors (Lipinski definition) is 2. The summed E-state index contributed by atoms with van der Waals surface area (Å²) in [7, 11) is 0. The number of aliphatic carboxylic acids is 1. The van der Waals surface area contributed by atoms with Gasteiger partial charge in [-0.05, 0) is 55.1 Å². The predicted octanol–water partition coefficient (Wildman–Crippen LogP) is 3.15. The second kappa shape index (κ2) is 5.21. The average Bonchev–Trinajstić information content (AvgIpc) is 3.31. The number of hydrogen-bond acceptors (Lipinski definition) is 2. The molecule has 0 radical (unpaired) electrons. The normalized spacial score (nSPS) is 21.4. The molecule has 2 saturated carbocycles. The zero-order chi connectivity index (χ0) is 14.2. The summed E-state index contributed by atoms with van der Waals surface area (Å²) in [5.74, 6) is -0.202. The van der Waals surface area contributed by atoms with Crippen molar-refractivity contribution in [3.63, 3.8) is 0 Å². The molecule has 0 saturated heterocycles. The van der Waals surface area contributed by atoms with Gasteiger partial charge in [-0.1, -0.05) is 24.3 Å². The van der Waals surface area contributed by atoms with Crippen LogP contribution in [-0.4, -0.2) is 17.6 Å². The molecule has 2 aliphatic carbocycles. The second-order valence-corrected chi connectivity index (χ2v) is 6.54. The van der Waals surface area contributed by atoms with E-state index in [0.717, 1.165) is 24.6 Å². The lowest BCUT2D eigenvalue weighted by atomic mass is 9.99. The van der Waals surface area contributed by atoms with Crippen LogP contribution in [0.15, 0.2) is 24.3 Å². The van der Waals surface area contributed by atoms with Crippen molar-refractivity contribution in [2.75, 3.05) is 6.54 Å². The van der Waals surface area contributed by atoms with Crippen molar-refractivity contribution in [2.24, 2.45) is 11.3 Å². The maximum absolute atomic E-state index is 10.9. The van der Waals surface area contributed by atoms with Crippen molar-refractivity contribution in [3.8, 4) is 0 Å². The van der Waals surface area contributed by atoms with Crippen LogP contribution in [0, 0.1) is 11.3 Å². The van der Waals surface area contributed by atoms with Crippen LogP contribution in [0.25, 0.3) is 0 Å². The van der Waals surface area contributed by atoms with E-state index in [4.69, 9.17) is 5.11 Å². The molecular weight excluding hydrogens is 250 g/mol. The first-order chi connectivity index (χ1) is 9.61. The summed E-state index contributed by atoms with van der Waals surface area (Å²) in [6.07, 6.45) is 5.67. The molecule has 1 aromatic rings. The SMILES string of the molecule is CC(C(=O)O)c1ccc(CNCC2(C3CC3)CC2)cc1. The molecule has 2 N–H and O–H groups in total. The van der Waals surface area contributed by atoms with Crippen molar-refractivity contribution in [2.45, 2.75) is 45.1 Å². The van der Waals surface area contributed by atoms with E-state index in [1.807, 2.05) is 24.3 Å². The summed E-state index contributed by atoms with van der Waals surface area (Å²) < 4.78 is 0. The standard InChI is InChI=1S/C17H23NO2/c1-12(16(19)20)14-4-2-13(3-5-14)10-18-11-17(8-9-17)15-6-7-15/h2-5,12,15,18H,6-11H2,1H3,(H,19,20). The van der Waals surface area contributed by atoms with Crippen LogP contribution in [0.3, 0.4) is 0 Å². The van der Waals surface area contributed by atoms with E-state index >= 15 is 0 Å². The number of rotatable bonds is 7. The Bertz CT molecular complexity index is 486. The third-order valence-corrected chi connectivity index (χ3v) is 4.99. The maximum atomic E-state index is 10.9. The van der Waals surface area contributed by atoms with Gasteiger partial charge < -0.3 is 10.4 Å². The molecule has 1 aromatic carbocycles. The molecule has 0 aromatic heterocycles. The highest BCUT2D eigenvalue weighted by Gasteiger charge is 2.53. The molecule has 3 heteroatoms. The van der Waals surface area contributed by atoms with Gasteiger partial charge in [-0.25, -0.2) is 0 Å². The number of carboxylic acids is 1. The highest BCUT2D eigenvalue weighted by molar-refractivity contribution is 5.75. The summed E-state index contributed by atoms with van der Waals surface area (Å²) in [4.78, 5) is 10.9. The van der Waals surface area contributed by atoms with Crippen LogP contribution in [0.4, 0.5) is 0 Å². The molecule has 0 heterocycles. The van der Waals surface area contributed by atoms with Gasteiger partial charge in [0.15, 0.2) is 0 Å². The Morgan fingerprint density at radius 3 is 2.50 bits per heavy atom. The first-order valence-electron chi connectivity index (χ1n) is 7.63. The zero-order valence-electron chi connectivity index (χ0n) is 12.1. The third-order valence-electron chi connectivity index (χ3n) is 4.99. The van der Waals surface area contributed by atoms with Crippen molar-refractivity contribution >= 4 is 5.97 Å². The van der Waals surface area contributed by atoms with E-state index < -0.39 is 11.9 Å². The minimum atomic E-state index is -0.768. The Morgan fingerprint density at radius 1 is 1.35 bits per heavy atom. The average molecular weight is 273 g/mol. The van der Waals surface area contributed by atoms with Crippen LogP contribution >= 0.6 is 0 Å². The summed E-state index contributed by atoms with van der Waals surface area (Å²) in [5.41, 5.74) is 2.74. The summed E-state index contributed by atoms with van der Waals surface area (Å²) in [5, 5.41) is 12.6. The lowest BCUT2D eigenvalue weighted by molar-refractivity contribution is -0.138. The molecule has 0 bridgehead atoms. The van der Waals surface area contributed by atoms with E-state index in [1.54, 1.807) is 6.92 Å². The lowest BCUT2D eigenvalue weighted by Crippen LogP contribution is -2.25. The number of carbonyl (C=O) groups is 1. The molecule has 1 unspecified atom stereocenters. The van der Waals surface area contributed by atoms with Gasteiger partial charge in [0.05, 0.1) is 5.92 Å². The fraction of sp³-hybridized carbons (Fsp3) is 0.588. The van der Waals surface area contributed by atoms with Gasteiger partial charge in [-0.2, -0.15) is 0 Å². The van der Waals surface area contributed by atoms with E-state index in [-0.39, 0.29) is 0 Å². The number of carboxylic acid groups (broad SMARTS) is 1. The Morgan fingerprint density at radius 2 is 2.00 bits per heavy atom. The molecule has 108 valence electrons. The first kappa shape index (κ1) is 13.6. The van der Waals surface area contributed by atoms with Crippen molar-refractivity contribution in [1.82, 2.24) is 5.32 Å². The van der Waals surface area contributed by atoms with Gasteiger partial charge in [0, 0.05) is 13.1 Å². The summed E-state index contributed by atoms with van der Waals surface area (Å²) >= 11 is 0. The van der Waals surface area contributed by atoms with Gasteiger partial charge in [0.25, 0.3) is 0 Å². The fourth-order valence-electron chi connectivity index (χ4n) is 3.11. The highest BCUT2D eigenvalue weighted by atomic mass is 16.4. The topological polar surface area (TPSA) is 49.3 Å². The van der Waals surface area contributed by atoms with Crippen molar-refractivity contribution < 1.29 is 9.90 Å². The van der Waals surface area contributed by atoms with Crippen molar-refractivity contribution in [3.05, 3.63) is 35.4 Å². The molecule has 0 aliphatic heterocycles. The Balaban J connectivity index is 1.49. The first-order valence-corrected chi connectivity index (χ1v) is 7.63. The quantitative estimate of drug-likeness (QED) is 0.802.